The molecule has 0 aromatic carbocycles. The number of nitrogens with one attached hydrogen (secondary N) is 1. The molecule has 1 rings (SSSR count). The zero-order chi connectivity index (χ0) is 9.14. The van der Waals surface area contributed by atoms with Gasteiger partial charge in [-0.3, -0.25) is 14.9 Å². The van der Waals surface area contributed by atoms with E-state index in [1.807, 2.05) is 0 Å². The molecular weight excluding hydrogens is 160 g/mol. The fraction of sp³-hybridized carbons (Fsp3) is 0. The maximum atomic E-state index is 10.7. The highest BCUT2D eigenvalue weighted by Crippen LogP contribution is 2.14. The van der Waals surface area contributed by atoms with Gasteiger partial charge in [-0.2, -0.15) is 0 Å². The standard InChI is InChI=1S/C7H6N2O3/c1-2-5-3-7(10)8-4-6(5)9(11)12/h2-4H,1H2,(H,8,10). The minimum Gasteiger partial charge on any atom is -0.323 e. The number of nitro groups is 1. The van der Waals surface area contributed by atoms with Gasteiger partial charge in [-0.15, -0.1) is 0 Å². The SMILES string of the molecule is C=Cc1cc(=O)[nH]cc1[N+](=O)[O-]. The van der Waals surface area contributed by atoms with E-state index in [2.05, 4.69) is 11.6 Å². The molecule has 5 heteroatoms. The molecule has 0 bridgehead atoms. The van der Waals surface area contributed by atoms with Crippen LogP contribution in [0.3, 0.4) is 0 Å². The van der Waals surface area contributed by atoms with Gasteiger partial charge in [-0.25, -0.2) is 0 Å². The average Bonchev–Trinajstić information content (AvgIpc) is 2.03. The number of rotatable bonds is 2. The summed E-state index contributed by atoms with van der Waals surface area (Å²) >= 11 is 0. The summed E-state index contributed by atoms with van der Waals surface area (Å²) in [6, 6.07) is 1.13. The van der Waals surface area contributed by atoms with Gasteiger partial charge in [0.15, 0.2) is 0 Å². The van der Waals surface area contributed by atoms with Crippen LogP contribution in [0, 0.1) is 10.1 Å². The Hall–Kier alpha value is -1.91. The predicted octanol–water partition coefficient (Wildman–Crippen LogP) is 0.926. The van der Waals surface area contributed by atoms with E-state index in [0.717, 1.165) is 12.3 Å². The van der Waals surface area contributed by atoms with Crippen molar-refractivity contribution in [3.05, 3.63) is 44.9 Å². The van der Waals surface area contributed by atoms with Crippen LogP contribution in [0.1, 0.15) is 5.56 Å². The molecule has 12 heavy (non-hydrogen) atoms. The van der Waals surface area contributed by atoms with Gasteiger partial charge in [0.05, 0.1) is 16.7 Å². The van der Waals surface area contributed by atoms with E-state index >= 15 is 0 Å². The fourth-order valence-corrected chi connectivity index (χ4v) is 0.801. The topological polar surface area (TPSA) is 76.0 Å². The Labute approximate surface area is 67.5 Å². The fourth-order valence-electron chi connectivity index (χ4n) is 0.801. The van der Waals surface area contributed by atoms with Gasteiger partial charge in [0.25, 0.3) is 5.69 Å². The van der Waals surface area contributed by atoms with Gasteiger partial charge >= 0.3 is 0 Å². The lowest BCUT2D eigenvalue weighted by Crippen LogP contribution is -2.05. The molecule has 1 N–H and O–H groups in total. The third-order valence-corrected chi connectivity index (χ3v) is 1.35. The number of hydrogen-bond acceptors (Lipinski definition) is 3. The van der Waals surface area contributed by atoms with Crippen LogP contribution in [0.5, 0.6) is 0 Å². The molecular formula is C7H6N2O3. The van der Waals surface area contributed by atoms with Crippen LogP contribution >= 0.6 is 0 Å². The molecule has 5 nitrogen and oxygen atoms in total. The Balaban J connectivity index is 3.39. The van der Waals surface area contributed by atoms with Gasteiger partial charge < -0.3 is 4.98 Å². The van der Waals surface area contributed by atoms with Crippen LogP contribution in [-0.2, 0) is 0 Å². The van der Waals surface area contributed by atoms with Gasteiger partial charge in [0.2, 0.25) is 5.56 Å². The van der Waals surface area contributed by atoms with Crippen molar-refractivity contribution in [2.75, 3.05) is 0 Å². The lowest BCUT2D eigenvalue weighted by atomic mass is 10.2. The summed E-state index contributed by atoms with van der Waals surface area (Å²) in [6.45, 7) is 3.36. The molecule has 0 saturated carbocycles. The van der Waals surface area contributed by atoms with Crippen molar-refractivity contribution in [1.29, 1.82) is 0 Å². The van der Waals surface area contributed by atoms with Crippen LogP contribution in [0.15, 0.2) is 23.6 Å². The lowest BCUT2D eigenvalue weighted by Gasteiger charge is -1.93. The number of aromatic amines is 1. The highest BCUT2D eigenvalue weighted by molar-refractivity contribution is 5.57. The minimum absolute atomic E-state index is 0.149. The first-order valence-electron chi connectivity index (χ1n) is 3.14. The lowest BCUT2D eigenvalue weighted by molar-refractivity contribution is -0.385. The molecule has 1 heterocycles. The van der Waals surface area contributed by atoms with Gasteiger partial charge in [0.1, 0.15) is 0 Å². The van der Waals surface area contributed by atoms with Gasteiger partial charge in [-0.05, 0) is 0 Å². The molecule has 1 aromatic rings. The van der Waals surface area contributed by atoms with Crippen molar-refractivity contribution in [3.8, 4) is 0 Å². The van der Waals surface area contributed by atoms with Crippen LogP contribution in [0.2, 0.25) is 0 Å². The smallest absolute Gasteiger partial charge is 0.292 e. The van der Waals surface area contributed by atoms with Crippen LogP contribution in [0.4, 0.5) is 5.69 Å². The number of pyridine rings is 1. The van der Waals surface area contributed by atoms with E-state index in [0.29, 0.717) is 0 Å². The molecule has 0 unspecified atom stereocenters. The van der Waals surface area contributed by atoms with Crippen molar-refractivity contribution < 1.29 is 4.92 Å². The van der Waals surface area contributed by atoms with Crippen LogP contribution < -0.4 is 5.56 Å². The zero-order valence-corrected chi connectivity index (χ0v) is 6.11. The molecule has 0 atom stereocenters. The Bertz CT molecular complexity index is 380. The van der Waals surface area contributed by atoms with Gasteiger partial charge in [-0.1, -0.05) is 12.7 Å². The Kier molecular flexibility index (Phi) is 2.05. The van der Waals surface area contributed by atoms with E-state index in [1.165, 1.54) is 6.08 Å². The molecule has 0 spiro atoms. The minimum atomic E-state index is -0.576. The summed E-state index contributed by atoms with van der Waals surface area (Å²) in [4.78, 5) is 22.7. The maximum Gasteiger partial charge on any atom is 0.292 e. The summed E-state index contributed by atoms with van der Waals surface area (Å²) in [7, 11) is 0. The van der Waals surface area contributed by atoms with Crippen molar-refractivity contribution in [2.24, 2.45) is 0 Å². The summed E-state index contributed by atoms with van der Waals surface area (Å²) in [5.41, 5.74) is -0.302. The quantitative estimate of drug-likeness (QED) is 0.524. The summed E-state index contributed by atoms with van der Waals surface area (Å²) in [6.07, 6.45) is 2.33. The van der Waals surface area contributed by atoms with E-state index in [9.17, 15) is 14.9 Å². The second-order valence-corrected chi connectivity index (χ2v) is 2.10. The number of aromatic nitrogens is 1. The highest BCUT2D eigenvalue weighted by atomic mass is 16.6. The van der Waals surface area contributed by atoms with E-state index in [1.54, 1.807) is 0 Å². The Morgan fingerprint density at radius 2 is 2.33 bits per heavy atom. The first kappa shape index (κ1) is 8.19. The summed E-state index contributed by atoms with van der Waals surface area (Å²) < 4.78 is 0. The highest BCUT2D eigenvalue weighted by Gasteiger charge is 2.10. The number of hydrogen-bond donors (Lipinski definition) is 1. The van der Waals surface area contributed by atoms with Crippen molar-refractivity contribution in [3.63, 3.8) is 0 Å². The summed E-state index contributed by atoms with van der Waals surface area (Å²) in [5.74, 6) is 0. The average molecular weight is 166 g/mol. The van der Waals surface area contributed by atoms with Crippen molar-refractivity contribution >= 4 is 11.8 Å². The molecule has 0 aliphatic carbocycles. The predicted molar refractivity (Wildman–Crippen MR) is 43.8 cm³/mol. The molecule has 0 aliphatic heterocycles. The van der Waals surface area contributed by atoms with Gasteiger partial charge in [0, 0.05) is 6.07 Å². The third-order valence-electron chi connectivity index (χ3n) is 1.35. The first-order valence-corrected chi connectivity index (χ1v) is 3.14. The molecule has 1 aromatic heterocycles. The molecule has 0 saturated heterocycles. The second-order valence-electron chi connectivity index (χ2n) is 2.10. The van der Waals surface area contributed by atoms with Crippen molar-refractivity contribution in [2.45, 2.75) is 0 Å². The normalized spacial score (nSPS) is 9.33. The van der Waals surface area contributed by atoms with E-state index in [4.69, 9.17) is 0 Å². The molecule has 0 radical (unpaired) electrons. The zero-order valence-electron chi connectivity index (χ0n) is 6.11. The first-order chi connectivity index (χ1) is 5.65. The van der Waals surface area contributed by atoms with Crippen LogP contribution in [-0.4, -0.2) is 9.91 Å². The van der Waals surface area contributed by atoms with E-state index in [-0.39, 0.29) is 16.8 Å². The van der Waals surface area contributed by atoms with Crippen LogP contribution in [0.25, 0.3) is 6.08 Å². The molecule has 0 aliphatic rings. The largest absolute Gasteiger partial charge is 0.323 e. The summed E-state index contributed by atoms with van der Waals surface area (Å²) in [5, 5.41) is 10.3. The molecule has 0 amide bonds. The molecule has 0 fully saturated rings. The Morgan fingerprint density at radius 3 is 2.83 bits per heavy atom. The monoisotopic (exact) mass is 166 g/mol. The number of H-pyrrole nitrogens is 1. The van der Waals surface area contributed by atoms with E-state index < -0.39 is 4.92 Å². The Morgan fingerprint density at radius 1 is 1.67 bits per heavy atom. The second kappa shape index (κ2) is 3.00. The third kappa shape index (κ3) is 1.39. The number of nitrogens with zero attached hydrogens (tertiary/aromatic N) is 1. The molecule has 62 valence electrons. The maximum absolute atomic E-state index is 10.7. The van der Waals surface area contributed by atoms with Crippen molar-refractivity contribution in [1.82, 2.24) is 4.98 Å².